The van der Waals surface area contributed by atoms with E-state index in [1.165, 1.54) is 6.07 Å². The van der Waals surface area contributed by atoms with Gasteiger partial charge in [-0.1, -0.05) is 6.07 Å². The van der Waals surface area contributed by atoms with Crippen molar-refractivity contribution in [1.29, 1.82) is 0 Å². The topological polar surface area (TPSA) is 77.1 Å². The molecule has 0 saturated heterocycles. The number of aryl methyl sites for hydroxylation is 1. The predicted molar refractivity (Wildman–Crippen MR) is 85.6 cm³/mol. The molecule has 5 nitrogen and oxygen atoms in total. The summed E-state index contributed by atoms with van der Waals surface area (Å²) in [5, 5.41) is 2.93. The number of nitrogens with two attached hydrogens (primary N) is 1. The number of hydrogen-bond donors (Lipinski definition) is 2. The summed E-state index contributed by atoms with van der Waals surface area (Å²) in [6.45, 7) is 1.79. The molecule has 0 aliphatic heterocycles. The molecule has 0 bridgehead atoms. The van der Waals surface area contributed by atoms with Crippen molar-refractivity contribution in [3.63, 3.8) is 0 Å². The highest BCUT2D eigenvalue weighted by atomic mass is 19.1. The number of primary amides is 1. The first-order valence-electron chi connectivity index (χ1n) is 7.48. The van der Waals surface area contributed by atoms with E-state index in [0.29, 0.717) is 36.3 Å². The largest absolute Gasteiger partial charge is 0.365 e. The Bertz CT molecular complexity index is 824. The van der Waals surface area contributed by atoms with Crippen LogP contribution in [-0.4, -0.2) is 16.3 Å². The molecular weight excluding hydrogens is 297 g/mol. The smallest absolute Gasteiger partial charge is 0.252 e. The van der Waals surface area contributed by atoms with E-state index in [9.17, 15) is 14.0 Å². The van der Waals surface area contributed by atoms with E-state index < -0.39 is 11.7 Å². The van der Waals surface area contributed by atoms with Crippen LogP contribution in [0.15, 0.2) is 18.2 Å². The van der Waals surface area contributed by atoms with Gasteiger partial charge in [0.15, 0.2) is 5.78 Å². The van der Waals surface area contributed by atoms with Crippen molar-refractivity contribution in [2.24, 2.45) is 12.8 Å². The molecule has 1 aliphatic carbocycles. The first kappa shape index (κ1) is 15.3. The van der Waals surface area contributed by atoms with Crippen molar-refractivity contribution in [3.05, 3.63) is 46.4 Å². The number of rotatable bonds is 3. The van der Waals surface area contributed by atoms with Crippen LogP contribution in [0.4, 0.5) is 15.9 Å². The van der Waals surface area contributed by atoms with Crippen LogP contribution in [-0.2, 0) is 13.5 Å². The Hall–Kier alpha value is -2.63. The normalized spacial score (nSPS) is 13.8. The Morgan fingerprint density at radius 3 is 2.74 bits per heavy atom. The summed E-state index contributed by atoms with van der Waals surface area (Å²) in [4.78, 5) is 24.1. The van der Waals surface area contributed by atoms with Gasteiger partial charge >= 0.3 is 0 Å². The minimum absolute atomic E-state index is 0.0197. The average molecular weight is 315 g/mol. The molecule has 0 saturated carbocycles. The third-order valence-corrected chi connectivity index (χ3v) is 4.21. The molecule has 0 fully saturated rings. The maximum atomic E-state index is 14.1. The van der Waals surface area contributed by atoms with Crippen LogP contribution in [0, 0.1) is 12.7 Å². The van der Waals surface area contributed by atoms with Crippen LogP contribution in [0.1, 0.15) is 44.8 Å². The summed E-state index contributed by atoms with van der Waals surface area (Å²) in [5.41, 5.74) is 7.97. The number of halogens is 1. The summed E-state index contributed by atoms with van der Waals surface area (Å²) in [6.07, 6.45) is 1.75. The number of Topliss-reactive ketones (excluding diaryl/α,β-unsaturated/α-hetero) is 1. The van der Waals surface area contributed by atoms with Crippen molar-refractivity contribution in [2.75, 3.05) is 5.32 Å². The number of ketones is 1. The summed E-state index contributed by atoms with van der Waals surface area (Å²) in [7, 11) is 1.68. The SMILES string of the molecule is Cc1ccc(Nc2c(C(N)=O)c3c(n2C)C(=O)CCC3)c(F)c1. The van der Waals surface area contributed by atoms with E-state index in [1.54, 1.807) is 30.7 Å². The van der Waals surface area contributed by atoms with Crippen molar-refractivity contribution < 1.29 is 14.0 Å². The Morgan fingerprint density at radius 2 is 2.09 bits per heavy atom. The molecule has 6 heteroatoms. The summed E-state index contributed by atoms with van der Waals surface area (Å²) >= 11 is 0. The standard InChI is InChI=1S/C17H18FN3O2/c1-9-6-7-12(11(18)8-9)20-17-14(16(19)23)10-4-3-5-13(22)15(10)21(17)2/h6-8,20H,3-5H2,1-2H3,(H2,19,23). The number of amides is 1. The van der Waals surface area contributed by atoms with Gasteiger partial charge < -0.3 is 15.6 Å². The zero-order valence-corrected chi connectivity index (χ0v) is 13.1. The summed E-state index contributed by atoms with van der Waals surface area (Å²) in [6, 6.07) is 4.77. The zero-order valence-electron chi connectivity index (χ0n) is 13.1. The van der Waals surface area contributed by atoms with Gasteiger partial charge in [0.25, 0.3) is 5.91 Å². The number of nitrogens with zero attached hydrogens (tertiary/aromatic N) is 1. The number of hydrogen-bond acceptors (Lipinski definition) is 3. The maximum absolute atomic E-state index is 14.1. The van der Waals surface area contributed by atoms with Crippen molar-refractivity contribution in [1.82, 2.24) is 4.57 Å². The van der Waals surface area contributed by atoms with E-state index in [2.05, 4.69) is 5.32 Å². The first-order valence-corrected chi connectivity index (χ1v) is 7.48. The number of carbonyl (C=O) groups excluding carboxylic acids is 2. The minimum Gasteiger partial charge on any atom is -0.365 e. The molecule has 0 spiro atoms. The third kappa shape index (κ3) is 2.50. The van der Waals surface area contributed by atoms with E-state index in [-0.39, 0.29) is 17.0 Å². The molecule has 3 N–H and O–H groups in total. The van der Waals surface area contributed by atoms with Gasteiger partial charge in [-0.2, -0.15) is 0 Å². The Morgan fingerprint density at radius 1 is 1.35 bits per heavy atom. The molecule has 2 aromatic rings. The van der Waals surface area contributed by atoms with Crippen LogP contribution in [0.25, 0.3) is 0 Å². The number of anilines is 2. The lowest BCUT2D eigenvalue weighted by Gasteiger charge is -2.13. The summed E-state index contributed by atoms with van der Waals surface area (Å²) < 4.78 is 15.7. The van der Waals surface area contributed by atoms with Crippen molar-refractivity contribution >= 4 is 23.2 Å². The lowest BCUT2D eigenvalue weighted by molar-refractivity contribution is 0.0964. The maximum Gasteiger partial charge on any atom is 0.252 e. The van der Waals surface area contributed by atoms with Crippen LogP contribution in [0.3, 0.4) is 0 Å². The van der Waals surface area contributed by atoms with Gasteiger partial charge in [-0.15, -0.1) is 0 Å². The fourth-order valence-corrected chi connectivity index (χ4v) is 3.15. The Kier molecular flexibility index (Phi) is 3.67. The molecular formula is C17H18FN3O2. The van der Waals surface area contributed by atoms with Gasteiger partial charge in [-0.3, -0.25) is 9.59 Å². The van der Waals surface area contributed by atoms with Gasteiger partial charge in [-0.05, 0) is 43.0 Å². The number of aromatic nitrogens is 1. The van der Waals surface area contributed by atoms with E-state index in [0.717, 1.165) is 5.56 Å². The van der Waals surface area contributed by atoms with E-state index in [4.69, 9.17) is 5.73 Å². The second-order valence-electron chi connectivity index (χ2n) is 5.86. The molecule has 0 atom stereocenters. The number of nitrogens with one attached hydrogen (secondary N) is 1. The van der Waals surface area contributed by atoms with Crippen molar-refractivity contribution in [2.45, 2.75) is 26.2 Å². The number of benzene rings is 1. The molecule has 1 aliphatic rings. The Labute approximate surface area is 133 Å². The van der Waals surface area contributed by atoms with Crippen molar-refractivity contribution in [3.8, 4) is 0 Å². The second-order valence-corrected chi connectivity index (χ2v) is 5.86. The highest BCUT2D eigenvalue weighted by molar-refractivity contribution is 6.07. The highest BCUT2D eigenvalue weighted by Crippen LogP contribution is 2.34. The summed E-state index contributed by atoms with van der Waals surface area (Å²) in [5.74, 6) is -0.702. The molecule has 0 unspecified atom stereocenters. The van der Waals surface area contributed by atoms with Gasteiger partial charge in [0.1, 0.15) is 11.6 Å². The lowest BCUT2D eigenvalue weighted by atomic mass is 9.93. The van der Waals surface area contributed by atoms with Gasteiger partial charge in [-0.25, -0.2) is 4.39 Å². The molecule has 1 aromatic carbocycles. The predicted octanol–water partition coefficient (Wildman–Crippen LogP) is 2.83. The molecule has 1 amide bonds. The van der Waals surface area contributed by atoms with E-state index >= 15 is 0 Å². The first-order chi connectivity index (χ1) is 10.9. The highest BCUT2D eigenvalue weighted by Gasteiger charge is 2.30. The second kappa shape index (κ2) is 5.53. The van der Waals surface area contributed by atoms with Crippen LogP contribution in [0.2, 0.25) is 0 Å². The van der Waals surface area contributed by atoms with Crippen LogP contribution < -0.4 is 11.1 Å². The molecule has 1 aromatic heterocycles. The molecule has 23 heavy (non-hydrogen) atoms. The zero-order chi connectivity index (χ0) is 16.7. The average Bonchev–Trinajstić information content (AvgIpc) is 2.76. The fourth-order valence-electron chi connectivity index (χ4n) is 3.15. The van der Waals surface area contributed by atoms with Crippen LogP contribution in [0.5, 0.6) is 0 Å². The molecule has 1 heterocycles. The number of fused-ring (bicyclic) bond motifs is 1. The third-order valence-electron chi connectivity index (χ3n) is 4.21. The fraction of sp³-hybridized carbons (Fsp3) is 0.294. The van der Waals surface area contributed by atoms with Gasteiger partial charge in [0.05, 0.1) is 16.9 Å². The minimum atomic E-state index is -0.619. The van der Waals surface area contributed by atoms with E-state index in [1.807, 2.05) is 0 Å². The quantitative estimate of drug-likeness (QED) is 0.914. The van der Waals surface area contributed by atoms with Gasteiger partial charge in [0, 0.05) is 13.5 Å². The lowest BCUT2D eigenvalue weighted by Crippen LogP contribution is -2.17. The number of carbonyl (C=O) groups is 2. The van der Waals surface area contributed by atoms with Gasteiger partial charge in [0.2, 0.25) is 0 Å². The molecule has 0 radical (unpaired) electrons. The Balaban J connectivity index is 2.15. The molecule has 120 valence electrons. The monoisotopic (exact) mass is 315 g/mol. The molecule has 3 rings (SSSR count). The van der Waals surface area contributed by atoms with Crippen LogP contribution >= 0.6 is 0 Å².